The summed E-state index contributed by atoms with van der Waals surface area (Å²) in [5.41, 5.74) is 6.03. The predicted octanol–water partition coefficient (Wildman–Crippen LogP) is 1.82. The van der Waals surface area contributed by atoms with Gasteiger partial charge in [0.05, 0.1) is 5.92 Å². The molecule has 0 aromatic heterocycles. The summed E-state index contributed by atoms with van der Waals surface area (Å²) in [5.74, 6) is -3.43. The van der Waals surface area contributed by atoms with Crippen molar-refractivity contribution in [1.82, 2.24) is 9.62 Å². The molecule has 0 spiro atoms. The van der Waals surface area contributed by atoms with E-state index in [-0.39, 0.29) is 18.5 Å². The van der Waals surface area contributed by atoms with Crippen LogP contribution in [-0.2, 0) is 21.2 Å². The van der Waals surface area contributed by atoms with Gasteiger partial charge in [-0.3, -0.25) is 9.59 Å². The number of hydrogen-bond acceptors (Lipinski definition) is 4. The lowest BCUT2D eigenvalue weighted by atomic mass is 9.98. The smallest absolute Gasteiger partial charge is 0.251 e. The number of halogens is 2. The first-order valence-electron chi connectivity index (χ1n) is 9.80. The number of nitrogens with one attached hydrogen (secondary N) is 1. The Hall–Kier alpha value is -2.85. The van der Waals surface area contributed by atoms with Gasteiger partial charge >= 0.3 is 0 Å². The average Bonchev–Trinajstić information content (AvgIpc) is 3.28. The second-order valence-corrected chi connectivity index (χ2v) is 9.30. The van der Waals surface area contributed by atoms with Gasteiger partial charge in [-0.05, 0) is 55.2 Å². The Labute approximate surface area is 179 Å². The van der Waals surface area contributed by atoms with Crippen molar-refractivity contribution < 1.29 is 26.8 Å². The quantitative estimate of drug-likeness (QED) is 0.638. The van der Waals surface area contributed by atoms with Gasteiger partial charge in [-0.15, -0.1) is 0 Å². The Morgan fingerprint density at radius 2 is 1.71 bits per heavy atom. The minimum Gasteiger partial charge on any atom is -0.369 e. The Kier molecular flexibility index (Phi) is 7.01. The highest BCUT2D eigenvalue weighted by Crippen LogP contribution is 2.24. The normalized spacial score (nSPS) is 15.5. The third-order valence-electron chi connectivity index (χ3n) is 5.18. The van der Waals surface area contributed by atoms with Crippen molar-refractivity contribution in [3.8, 4) is 0 Å². The zero-order valence-corrected chi connectivity index (χ0v) is 17.5. The first-order chi connectivity index (χ1) is 14.7. The predicted molar refractivity (Wildman–Crippen MR) is 110 cm³/mol. The van der Waals surface area contributed by atoms with E-state index in [9.17, 15) is 26.8 Å². The first-order valence-corrected chi connectivity index (χ1v) is 11.2. The monoisotopic (exact) mass is 451 g/mol. The lowest BCUT2D eigenvalue weighted by Gasteiger charge is -2.17. The molecule has 0 aliphatic carbocycles. The number of carbonyl (C=O) groups excluding carboxylic acids is 2. The van der Waals surface area contributed by atoms with Crippen LogP contribution in [-0.4, -0.2) is 44.2 Å². The van der Waals surface area contributed by atoms with Crippen LogP contribution >= 0.6 is 0 Å². The van der Waals surface area contributed by atoms with Crippen LogP contribution in [0.15, 0.2) is 47.4 Å². The molecule has 1 heterocycles. The van der Waals surface area contributed by atoms with E-state index in [2.05, 4.69) is 5.32 Å². The Bertz CT molecular complexity index is 1070. The van der Waals surface area contributed by atoms with Gasteiger partial charge in [-0.1, -0.05) is 12.1 Å². The fraction of sp³-hybridized carbons (Fsp3) is 0.333. The van der Waals surface area contributed by atoms with Crippen molar-refractivity contribution in [2.75, 3.05) is 19.6 Å². The molecule has 0 saturated carbocycles. The molecule has 10 heteroatoms. The number of nitrogens with zero attached hydrogens (tertiary/aromatic N) is 1. The maximum Gasteiger partial charge on any atom is 0.251 e. The fourth-order valence-corrected chi connectivity index (χ4v) is 5.01. The van der Waals surface area contributed by atoms with E-state index in [0.29, 0.717) is 31.5 Å². The molecule has 0 radical (unpaired) electrons. The van der Waals surface area contributed by atoms with Crippen LogP contribution in [0.3, 0.4) is 0 Å². The molecule has 31 heavy (non-hydrogen) atoms. The molecule has 2 amide bonds. The van der Waals surface area contributed by atoms with E-state index in [0.717, 1.165) is 12.1 Å². The molecule has 7 nitrogen and oxygen atoms in total. The van der Waals surface area contributed by atoms with E-state index in [4.69, 9.17) is 5.73 Å². The topological polar surface area (TPSA) is 110 Å². The summed E-state index contributed by atoms with van der Waals surface area (Å²) in [6, 6.07) is 8.65. The van der Waals surface area contributed by atoms with Gasteiger partial charge in [0.1, 0.15) is 16.5 Å². The van der Waals surface area contributed by atoms with E-state index < -0.39 is 44.3 Å². The lowest BCUT2D eigenvalue weighted by Crippen LogP contribution is -2.37. The largest absolute Gasteiger partial charge is 0.369 e. The van der Waals surface area contributed by atoms with Gasteiger partial charge in [0, 0.05) is 25.2 Å². The number of benzene rings is 2. The molecule has 1 fully saturated rings. The SMILES string of the molecule is NC(=O)C(CNC(=O)c1ccc(F)c(S(=O)(=O)N2CCCC2)c1)Cc1ccc(F)cc1. The summed E-state index contributed by atoms with van der Waals surface area (Å²) < 4.78 is 53.8. The summed E-state index contributed by atoms with van der Waals surface area (Å²) in [4.78, 5) is 23.7. The molecule has 1 aliphatic heterocycles. The van der Waals surface area contributed by atoms with Crippen LogP contribution in [0.4, 0.5) is 8.78 Å². The summed E-state index contributed by atoms with van der Waals surface area (Å²) in [6.45, 7) is 0.501. The molecule has 1 aliphatic rings. The van der Waals surface area contributed by atoms with Crippen molar-refractivity contribution in [3.05, 3.63) is 65.2 Å². The fourth-order valence-electron chi connectivity index (χ4n) is 3.41. The zero-order valence-electron chi connectivity index (χ0n) is 16.7. The molecule has 0 bridgehead atoms. The molecular weight excluding hydrogens is 428 g/mol. The summed E-state index contributed by atoms with van der Waals surface area (Å²) in [6.07, 6.45) is 1.58. The van der Waals surface area contributed by atoms with Gasteiger partial charge in [0.25, 0.3) is 5.91 Å². The third kappa shape index (κ3) is 5.45. The number of hydrogen-bond donors (Lipinski definition) is 2. The van der Waals surface area contributed by atoms with Crippen LogP contribution in [0.25, 0.3) is 0 Å². The van der Waals surface area contributed by atoms with Crippen molar-refractivity contribution in [1.29, 1.82) is 0 Å². The van der Waals surface area contributed by atoms with E-state index in [1.165, 1.54) is 34.6 Å². The van der Waals surface area contributed by atoms with Gasteiger partial charge < -0.3 is 11.1 Å². The number of sulfonamides is 1. The minimum atomic E-state index is -4.04. The second kappa shape index (κ2) is 9.52. The van der Waals surface area contributed by atoms with Crippen molar-refractivity contribution >= 4 is 21.8 Å². The minimum absolute atomic E-state index is 0.0517. The number of amides is 2. The van der Waals surface area contributed by atoms with Crippen LogP contribution in [0, 0.1) is 17.6 Å². The molecule has 166 valence electrons. The van der Waals surface area contributed by atoms with Crippen LogP contribution in [0.2, 0.25) is 0 Å². The van der Waals surface area contributed by atoms with Gasteiger partial charge in [0.15, 0.2) is 0 Å². The molecule has 2 aromatic carbocycles. The van der Waals surface area contributed by atoms with Crippen LogP contribution in [0.1, 0.15) is 28.8 Å². The van der Waals surface area contributed by atoms with Gasteiger partial charge in [-0.2, -0.15) is 4.31 Å². The van der Waals surface area contributed by atoms with Gasteiger partial charge in [-0.25, -0.2) is 17.2 Å². The summed E-state index contributed by atoms with van der Waals surface area (Å²) >= 11 is 0. The Morgan fingerprint density at radius 1 is 1.06 bits per heavy atom. The van der Waals surface area contributed by atoms with Crippen LogP contribution in [0.5, 0.6) is 0 Å². The highest BCUT2D eigenvalue weighted by Gasteiger charge is 2.30. The van der Waals surface area contributed by atoms with Crippen molar-refractivity contribution in [3.63, 3.8) is 0 Å². The lowest BCUT2D eigenvalue weighted by molar-refractivity contribution is -0.121. The molecule has 3 N–H and O–H groups in total. The first kappa shape index (κ1) is 22.8. The summed E-state index contributed by atoms with van der Waals surface area (Å²) in [7, 11) is -4.04. The highest BCUT2D eigenvalue weighted by atomic mass is 32.2. The summed E-state index contributed by atoms with van der Waals surface area (Å²) in [5, 5.41) is 2.53. The van der Waals surface area contributed by atoms with E-state index in [1.54, 1.807) is 0 Å². The number of carbonyl (C=O) groups is 2. The van der Waals surface area contributed by atoms with Crippen molar-refractivity contribution in [2.24, 2.45) is 11.7 Å². The van der Waals surface area contributed by atoms with Crippen molar-refractivity contribution in [2.45, 2.75) is 24.2 Å². The Balaban J connectivity index is 1.72. The molecule has 1 unspecified atom stereocenters. The molecule has 2 aromatic rings. The molecule has 1 saturated heterocycles. The maximum atomic E-state index is 14.2. The second-order valence-electron chi connectivity index (χ2n) is 7.40. The average molecular weight is 451 g/mol. The van der Waals surface area contributed by atoms with E-state index >= 15 is 0 Å². The standard InChI is InChI=1S/C21H23F2N3O4S/c22-17-6-3-14(4-7-17)11-16(20(24)27)13-25-21(28)15-5-8-18(23)19(12-15)31(29,30)26-9-1-2-10-26/h3-8,12,16H,1-2,9-11,13H2,(H2,24,27)(H,25,28). The highest BCUT2D eigenvalue weighted by molar-refractivity contribution is 7.89. The maximum absolute atomic E-state index is 14.2. The zero-order chi connectivity index (χ0) is 22.6. The van der Waals surface area contributed by atoms with Crippen LogP contribution < -0.4 is 11.1 Å². The molecule has 1 atom stereocenters. The molecular formula is C21H23F2N3O4S. The Morgan fingerprint density at radius 3 is 2.32 bits per heavy atom. The number of rotatable bonds is 8. The molecule has 3 rings (SSSR count). The van der Waals surface area contributed by atoms with E-state index in [1.807, 2.05) is 0 Å². The van der Waals surface area contributed by atoms with Gasteiger partial charge in [0.2, 0.25) is 15.9 Å². The third-order valence-corrected chi connectivity index (χ3v) is 7.10. The number of nitrogens with two attached hydrogens (primary N) is 1. The number of primary amides is 1.